The maximum absolute atomic E-state index is 12.5. The standard InChI is InChI=1S/C21H25N3O2/c1-15(20(22)17-6-3-2-4-7-17)21(26)23-18-11-9-16(10-12-18)14-24-13-5-8-19(24)25/h2-4,6-7,9-12,15,20H,5,8,13-14,22H2,1H3,(H,23,26). The molecule has 3 N–H and O–H groups in total. The minimum atomic E-state index is -0.350. The van der Waals surface area contributed by atoms with Crippen LogP contribution in [0.2, 0.25) is 0 Å². The predicted octanol–water partition coefficient (Wildman–Crippen LogP) is 3.08. The number of nitrogens with two attached hydrogens (primary N) is 1. The Hall–Kier alpha value is -2.66. The largest absolute Gasteiger partial charge is 0.338 e. The van der Waals surface area contributed by atoms with E-state index in [4.69, 9.17) is 5.73 Å². The molecule has 1 saturated heterocycles. The van der Waals surface area contributed by atoms with Gasteiger partial charge in [-0.25, -0.2) is 0 Å². The van der Waals surface area contributed by atoms with Crippen molar-refractivity contribution >= 4 is 17.5 Å². The van der Waals surface area contributed by atoms with E-state index in [-0.39, 0.29) is 23.8 Å². The molecule has 0 radical (unpaired) electrons. The van der Waals surface area contributed by atoms with Crippen LogP contribution in [0.15, 0.2) is 54.6 Å². The van der Waals surface area contributed by atoms with Gasteiger partial charge in [-0.2, -0.15) is 0 Å². The fourth-order valence-corrected chi connectivity index (χ4v) is 3.17. The quantitative estimate of drug-likeness (QED) is 0.840. The number of benzene rings is 2. The molecule has 5 nitrogen and oxygen atoms in total. The highest BCUT2D eigenvalue weighted by Crippen LogP contribution is 2.21. The first-order chi connectivity index (χ1) is 12.5. The first-order valence-electron chi connectivity index (χ1n) is 9.02. The third-order valence-corrected chi connectivity index (χ3v) is 4.90. The molecule has 1 heterocycles. The number of carbonyl (C=O) groups is 2. The van der Waals surface area contributed by atoms with Crippen LogP contribution >= 0.6 is 0 Å². The number of hydrogen-bond donors (Lipinski definition) is 2. The number of anilines is 1. The van der Waals surface area contributed by atoms with Crippen LogP contribution in [0.3, 0.4) is 0 Å². The van der Waals surface area contributed by atoms with Crippen LogP contribution < -0.4 is 11.1 Å². The van der Waals surface area contributed by atoms with E-state index in [2.05, 4.69) is 5.32 Å². The van der Waals surface area contributed by atoms with Crippen molar-refractivity contribution in [2.75, 3.05) is 11.9 Å². The molecule has 5 heteroatoms. The van der Waals surface area contributed by atoms with Crippen molar-refractivity contribution in [3.63, 3.8) is 0 Å². The summed E-state index contributed by atoms with van der Waals surface area (Å²) in [4.78, 5) is 26.1. The van der Waals surface area contributed by atoms with Crippen molar-refractivity contribution < 1.29 is 9.59 Å². The highest BCUT2D eigenvalue weighted by molar-refractivity contribution is 5.92. The fourth-order valence-electron chi connectivity index (χ4n) is 3.17. The Morgan fingerprint density at radius 1 is 1.15 bits per heavy atom. The van der Waals surface area contributed by atoms with Gasteiger partial charge in [-0.3, -0.25) is 9.59 Å². The average molecular weight is 351 g/mol. The topological polar surface area (TPSA) is 75.4 Å². The van der Waals surface area contributed by atoms with Crippen molar-refractivity contribution in [2.45, 2.75) is 32.4 Å². The monoisotopic (exact) mass is 351 g/mol. The summed E-state index contributed by atoms with van der Waals surface area (Å²) in [6.07, 6.45) is 1.58. The van der Waals surface area contributed by atoms with Crippen LogP contribution in [0, 0.1) is 5.92 Å². The van der Waals surface area contributed by atoms with Gasteiger partial charge in [0.15, 0.2) is 0 Å². The first-order valence-corrected chi connectivity index (χ1v) is 9.02. The van der Waals surface area contributed by atoms with Crippen LogP contribution in [-0.4, -0.2) is 23.3 Å². The summed E-state index contributed by atoms with van der Waals surface area (Å²) in [5.74, 6) is -0.241. The van der Waals surface area contributed by atoms with Crippen LogP contribution in [-0.2, 0) is 16.1 Å². The molecule has 2 atom stereocenters. The molecule has 0 spiro atoms. The number of nitrogens with one attached hydrogen (secondary N) is 1. The minimum absolute atomic E-state index is 0.108. The van der Waals surface area contributed by atoms with E-state index in [0.717, 1.165) is 29.8 Å². The summed E-state index contributed by atoms with van der Waals surface area (Å²) in [6.45, 7) is 3.29. The second kappa shape index (κ2) is 8.15. The zero-order valence-corrected chi connectivity index (χ0v) is 15.0. The molecule has 0 saturated carbocycles. The molecule has 1 aliphatic heterocycles. The van der Waals surface area contributed by atoms with E-state index in [0.29, 0.717) is 13.0 Å². The number of amides is 2. The molecule has 1 aliphatic rings. The lowest BCUT2D eigenvalue weighted by Gasteiger charge is -2.20. The van der Waals surface area contributed by atoms with Gasteiger partial charge in [-0.05, 0) is 29.7 Å². The lowest BCUT2D eigenvalue weighted by Crippen LogP contribution is -2.30. The number of hydrogen-bond acceptors (Lipinski definition) is 3. The Morgan fingerprint density at radius 3 is 2.46 bits per heavy atom. The smallest absolute Gasteiger partial charge is 0.229 e. The molecular formula is C21H25N3O2. The van der Waals surface area contributed by atoms with E-state index >= 15 is 0 Å². The Kier molecular flexibility index (Phi) is 5.68. The molecule has 3 rings (SSSR count). The van der Waals surface area contributed by atoms with Gasteiger partial charge in [-0.1, -0.05) is 49.4 Å². The predicted molar refractivity (Wildman–Crippen MR) is 102 cm³/mol. The van der Waals surface area contributed by atoms with Crippen LogP contribution in [0.5, 0.6) is 0 Å². The number of carbonyl (C=O) groups excluding carboxylic acids is 2. The SMILES string of the molecule is CC(C(=O)Nc1ccc(CN2CCCC2=O)cc1)C(N)c1ccccc1. The summed E-state index contributed by atoms with van der Waals surface area (Å²) in [5.41, 5.74) is 8.97. The van der Waals surface area contributed by atoms with Gasteiger partial charge < -0.3 is 16.0 Å². The number of nitrogens with zero attached hydrogens (tertiary/aromatic N) is 1. The summed E-state index contributed by atoms with van der Waals surface area (Å²) in [6, 6.07) is 16.9. The molecule has 0 bridgehead atoms. The second-order valence-electron chi connectivity index (χ2n) is 6.83. The lowest BCUT2D eigenvalue weighted by molar-refractivity contribution is -0.128. The molecular weight excluding hydrogens is 326 g/mol. The summed E-state index contributed by atoms with van der Waals surface area (Å²) in [7, 11) is 0. The second-order valence-corrected chi connectivity index (χ2v) is 6.83. The lowest BCUT2D eigenvalue weighted by atomic mass is 9.94. The Bertz CT molecular complexity index is 759. The molecule has 2 unspecified atom stereocenters. The molecule has 0 aromatic heterocycles. The van der Waals surface area contributed by atoms with E-state index in [1.807, 2.05) is 66.4 Å². The fraction of sp³-hybridized carbons (Fsp3) is 0.333. The normalized spacial score (nSPS) is 16.4. The average Bonchev–Trinajstić information content (AvgIpc) is 3.07. The number of rotatable bonds is 6. The Balaban J connectivity index is 1.58. The van der Waals surface area contributed by atoms with Crippen molar-refractivity contribution in [1.82, 2.24) is 4.90 Å². The van der Waals surface area contributed by atoms with Gasteiger partial charge >= 0.3 is 0 Å². The van der Waals surface area contributed by atoms with E-state index < -0.39 is 0 Å². The molecule has 136 valence electrons. The van der Waals surface area contributed by atoms with Crippen molar-refractivity contribution in [3.05, 3.63) is 65.7 Å². The molecule has 2 amide bonds. The first kappa shape index (κ1) is 18.1. The minimum Gasteiger partial charge on any atom is -0.338 e. The van der Waals surface area contributed by atoms with Crippen molar-refractivity contribution in [3.8, 4) is 0 Å². The Morgan fingerprint density at radius 2 is 1.85 bits per heavy atom. The van der Waals surface area contributed by atoms with Gasteiger partial charge in [0, 0.05) is 31.2 Å². The third-order valence-electron chi connectivity index (χ3n) is 4.90. The third kappa shape index (κ3) is 4.29. The van der Waals surface area contributed by atoms with E-state index in [1.165, 1.54) is 0 Å². The molecule has 2 aromatic rings. The van der Waals surface area contributed by atoms with E-state index in [9.17, 15) is 9.59 Å². The van der Waals surface area contributed by atoms with Crippen molar-refractivity contribution in [2.24, 2.45) is 11.7 Å². The van der Waals surface area contributed by atoms with Crippen LogP contribution in [0.25, 0.3) is 0 Å². The highest BCUT2D eigenvalue weighted by Gasteiger charge is 2.22. The van der Waals surface area contributed by atoms with Gasteiger partial charge in [-0.15, -0.1) is 0 Å². The highest BCUT2D eigenvalue weighted by atomic mass is 16.2. The zero-order chi connectivity index (χ0) is 18.5. The van der Waals surface area contributed by atoms with Gasteiger partial charge in [0.25, 0.3) is 0 Å². The van der Waals surface area contributed by atoms with Gasteiger partial charge in [0.1, 0.15) is 0 Å². The van der Waals surface area contributed by atoms with Gasteiger partial charge in [0.05, 0.1) is 5.92 Å². The van der Waals surface area contributed by atoms with Crippen molar-refractivity contribution in [1.29, 1.82) is 0 Å². The molecule has 1 fully saturated rings. The van der Waals surface area contributed by atoms with Crippen LogP contribution in [0.1, 0.15) is 36.9 Å². The maximum Gasteiger partial charge on any atom is 0.229 e. The van der Waals surface area contributed by atoms with E-state index in [1.54, 1.807) is 0 Å². The van der Waals surface area contributed by atoms with Crippen LogP contribution in [0.4, 0.5) is 5.69 Å². The molecule has 26 heavy (non-hydrogen) atoms. The summed E-state index contributed by atoms with van der Waals surface area (Å²) >= 11 is 0. The zero-order valence-electron chi connectivity index (χ0n) is 15.0. The summed E-state index contributed by atoms with van der Waals surface area (Å²) < 4.78 is 0. The summed E-state index contributed by atoms with van der Waals surface area (Å²) in [5, 5.41) is 2.92. The Labute approximate surface area is 154 Å². The maximum atomic E-state index is 12.5. The number of likely N-dealkylation sites (tertiary alicyclic amines) is 1. The van der Waals surface area contributed by atoms with Gasteiger partial charge in [0.2, 0.25) is 11.8 Å². The molecule has 0 aliphatic carbocycles. The molecule has 2 aromatic carbocycles.